The molecule has 1 aromatic heterocycles. The van der Waals surface area contributed by atoms with Gasteiger partial charge in [-0.1, -0.05) is 5.16 Å². The topological polar surface area (TPSA) is 88.3 Å². The Morgan fingerprint density at radius 3 is 3.07 bits per heavy atom. The highest BCUT2D eigenvalue weighted by atomic mass is 16.5. The Morgan fingerprint density at radius 1 is 1.73 bits per heavy atom. The van der Waals surface area contributed by atoms with Crippen LogP contribution in [0.4, 0.5) is 0 Å². The molecule has 0 saturated heterocycles. The van der Waals surface area contributed by atoms with E-state index in [0.29, 0.717) is 18.4 Å². The minimum Gasteiger partial charge on any atom is -0.480 e. The van der Waals surface area contributed by atoms with Crippen LogP contribution in [-0.4, -0.2) is 27.3 Å². The average Bonchev–Trinajstić information content (AvgIpc) is 2.95. The minimum atomic E-state index is -0.892. The smallest absolute Gasteiger partial charge is 0.320 e. The van der Waals surface area contributed by atoms with E-state index >= 15 is 0 Å². The predicted octanol–water partition coefficient (Wildman–Crippen LogP) is 0.510. The first-order valence-electron chi connectivity index (χ1n) is 4.95. The molecule has 1 aromatic rings. The van der Waals surface area contributed by atoms with E-state index < -0.39 is 12.0 Å². The van der Waals surface area contributed by atoms with E-state index in [9.17, 15) is 4.79 Å². The highest BCUT2D eigenvalue weighted by Gasteiger charge is 2.28. The Morgan fingerprint density at radius 2 is 2.47 bits per heavy atom. The van der Waals surface area contributed by atoms with Gasteiger partial charge in [-0.25, -0.2) is 0 Å². The van der Waals surface area contributed by atoms with E-state index in [-0.39, 0.29) is 0 Å². The summed E-state index contributed by atoms with van der Waals surface area (Å²) in [4.78, 5) is 14.7. The molecule has 6 heteroatoms. The normalized spacial score (nSPS) is 17.7. The number of carboxylic acid groups (broad SMARTS) is 1. The molecular weight excluding hydrogens is 198 g/mol. The lowest BCUT2D eigenvalue weighted by Crippen LogP contribution is -2.33. The van der Waals surface area contributed by atoms with Crippen molar-refractivity contribution in [1.82, 2.24) is 15.5 Å². The molecule has 2 N–H and O–H groups in total. The molecule has 15 heavy (non-hydrogen) atoms. The molecule has 1 atom stereocenters. The van der Waals surface area contributed by atoms with Crippen LogP contribution in [0.5, 0.6) is 0 Å². The lowest BCUT2D eigenvalue weighted by molar-refractivity contribution is -0.139. The monoisotopic (exact) mass is 211 g/mol. The van der Waals surface area contributed by atoms with Gasteiger partial charge in [0, 0.05) is 5.92 Å². The zero-order valence-corrected chi connectivity index (χ0v) is 8.43. The van der Waals surface area contributed by atoms with Crippen molar-refractivity contribution >= 4 is 5.97 Å². The maximum absolute atomic E-state index is 10.5. The summed E-state index contributed by atoms with van der Waals surface area (Å²) >= 11 is 0. The summed E-state index contributed by atoms with van der Waals surface area (Å²) in [5, 5.41) is 15.2. The van der Waals surface area contributed by atoms with Gasteiger partial charge < -0.3 is 9.63 Å². The van der Waals surface area contributed by atoms with Crippen molar-refractivity contribution in [3.05, 3.63) is 11.7 Å². The van der Waals surface area contributed by atoms with Crippen molar-refractivity contribution in [3.8, 4) is 0 Å². The van der Waals surface area contributed by atoms with Gasteiger partial charge in [-0.15, -0.1) is 0 Å². The number of aliphatic carboxylic acids is 1. The summed E-state index contributed by atoms with van der Waals surface area (Å²) in [6.45, 7) is 1.87. The van der Waals surface area contributed by atoms with Crippen molar-refractivity contribution in [3.63, 3.8) is 0 Å². The number of carboxylic acids is 1. The van der Waals surface area contributed by atoms with Gasteiger partial charge in [0.25, 0.3) is 0 Å². The van der Waals surface area contributed by atoms with E-state index in [1.165, 1.54) is 0 Å². The number of nitrogens with zero attached hydrogens (tertiary/aromatic N) is 2. The van der Waals surface area contributed by atoms with Gasteiger partial charge >= 0.3 is 5.97 Å². The molecule has 0 amide bonds. The molecule has 2 rings (SSSR count). The summed E-state index contributed by atoms with van der Waals surface area (Å²) in [6.07, 6.45) is 2.25. The van der Waals surface area contributed by atoms with Crippen molar-refractivity contribution < 1.29 is 14.4 Å². The Hall–Kier alpha value is -1.43. The Balaban J connectivity index is 1.85. The molecule has 6 nitrogen and oxygen atoms in total. The number of hydrogen-bond acceptors (Lipinski definition) is 5. The van der Waals surface area contributed by atoms with Gasteiger partial charge in [0.1, 0.15) is 6.04 Å². The van der Waals surface area contributed by atoms with Crippen LogP contribution in [0, 0.1) is 0 Å². The summed E-state index contributed by atoms with van der Waals surface area (Å²) in [6, 6.07) is -0.610. The number of nitrogens with one attached hydrogen (secondary N) is 1. The van der Waals surface area contributed by atoms with Crippen LogP contribution in [0.25, 0.3) is 0 Å². The van der Waals surface area contributed by atoms with Crippen LogP contribution < -0.4 is 5.32 Å². The first-order valence-corrected chi connectivity index (χ1v) is 4.95. The quantitative estimate of drug-likeness (QED) is 0.737. The molecule has 1 aliphatic carbocycles. The molecule has 1 fully saturated rings. The number of carbonyl (C=O) groups is 1. The second kappa shape index (κ2) is 3.98. The third-order valence-corrected chi connectivity index (χ3v) is 2.36. The third kappa shape index (κ3) is 2.53. The van der Waals surface area contributed by atoms with Crippen LogP contribution in [0.2, 0.25) is 0 Å². The first kappa shape index (κ1) is 10.1. The van der Waals surface area contributed by atoms with Crippen LogP contribution >= 0.6 is 0 Å². The molecule has 1 aliphatic rings. The molecule has 0 spiro atoms. The van der Waals surface area contributed by atoms with E-state index in [2.05, 4.69) is 15.5 Å². The van der Waals surface area contributed by atoms with Crippen LogP contribution in [0.15, 0.2) is 4.52 Å². The highest BCUT2D eigenvalue weighted by Crippen LogP contribution is 2.37. The van der Waals surface area contributed by atoms with Gasteiger partial charge in [-0.2, -0.15) is 4.98 Å². The average molecular weight is 211 g/mol. The van der Waals surface area contributed by atoms with E-state index in [0.717, 1.165) is 18.7 Å². The third-order valence-electron chi connectivity index (χ3n) is 2.36. The van der Waals surface area contributed by atoms with Crippen LogP contribution in [0.3, 0.4) is 0 Å². The molecule has 0 aromatic carbocycles. The number of rotatable bonds is 5. The number of hydrogen-bond donors (Lipinski definition) is 2. The van der Waals surface area contributed by atoms with E-state index in [4.69, 9.17) is 9.63 Å². The molecule has 1 unspecified atom stereocenters. The molecule has 0 radical (unpaired) electrons. The zero-order chi connectivity index (χ0) is 10.8. The van der Waals surface area contributed by atoms with Crippen molar-refractivity contribution in [2.75, 3.05) is 0 Å². The SMILES string of the molecule is CC(NCc1nc(C2CC2)no1)C(=O)O. The Kier molecular flexibility index (Phi) is 2.68. The summed E-state index contributed by atoms with van der Waals surface area (Å²) < 4.78 is 4.98. The Bertz CT molecular complexity index is 359. The van der Waals surface area contributed by atoms with Crippen molar-refractivity contribution in [2.45, 2.75) is 38.3 Å². The van der Waals surface area contributed by atoms with Gasteiger partial charge in [0.05, 0.1) is 6.54 Å². The molecule has 1 saturated carbocycles. The second-order valence-electron chi connectivity index (χ2n) is 3.76. The van der Waals surface area contributed by atoms with Crippen LogP contribution in [0.1, 0.15) is 37.4 Å². The molecular formula is C9H13N3O3. The highest BCUT2D eigenvalue weighted by molar-refractivity contribution is 5.72. The molecule has 0 bridgehead atoms. The predicted molar refractivity (Wildman–Crippen MR) is 50.2 cm³/mol. The fourth-order valence-electron chi connectivity index (χ4n) is 1.17. The second-order valence-corrected chi connectivity index (χ2v) is 3.76. The van der Waals surface area contributed by atoms with E-state index in [1.807, 2.05) is 0 Å². The minimum absolute atomic E-state index is 0.299. The maximum atomic E-state index is 10.5. The lowest BCUT2D eigenvalue weighted by atomic mass is 10.3. The van der Waals surface area contributed by atoms with Gasteiger partial charge in [-0.3, -0.25) is 10.1 Å². The fraction of sp³-hybridized carbons (Fsp3) is 0.667. The summed E-state index contributed by atoms with van der Waals surface area (Å²) in [5.41, 5.74) is 0. The molecule has 1 heterocycles. The standard InChI is InChI=1S/C9H13N3O3/c1-5(9(13)14)10-4-7-11-8(12-15-7)6-2-3-6/h5-6,10H,2-4H2,1H3,(H,13,14). The maximum Gasteiger partial charge on any atom is 0.320 e. The van der Waals surface area contributed by atoms with Gasteiger partial charge in [0.2, 0.25) is 5.89 Å². The largest absolute Gasteiger partial charge is 0.480 e. The van der Waals surface area contributed by atoms with Crippen molar-refractivity contribution in [2.24, 2.45) is 0 Å². The van der Waals surface area contributed by atoms with Gasteiger partial charge in [-0.05, 0) is 19.8 Å². The van der Waals surface area contributed by atoms with Crippen molar-refractivity contribution in [1.29, 1.82) is 0 Å². The zero-order valence-electron chi connectivity index (χ0n) is 8.43. The lowest BCUT2D eigenvalue weighted by Gasteiger charge is -2.04. The summed E-state index contributed by atoms with van der Waals surface area (Å²) in [7, 11) is 0. The fourth-order valence-corrected chi connectivity index (χ4v) is 1.17. The Labute approximate surface area is 86.7 Å². The molecule has 82 valence electrons. The molecule has 0 aliphatic heterocycles. The number of aromatic nitrogens is 2. The van der Waals surface area contributed by atoms with Crippen LogP contribution in [-0.2, 0) is 11.3 Å². The van der Waals surface area contributed by atoms with E-state index in [1.54, 1.807) is 6.92 Å². The van der Waals surface area contributed by atoms with Gasteiger partial charge in [0.15, 0.2) is 5.82 Å². The summed E-state index contributed by atoms with van der Waals surface area (Å²) in [5.74, 6) is 0.760. The first-order chi connectivity index (χ1) is 7.16.